The number of nitrogens with two attached hydrogens (primary N) is 1. The summed E-state index contributed by atoms with van der Waals surface area (Å²) in [6.07, 6.45) is 4.15. The van der Waals surface area contributed by atoms with Gasteiger partial charge in [0.15, 0.2) is 0 Å². The lowest BCUT2D eigenvalue weighted by Crippen LogP contribution is -2.39. The molecule has 0 saturated heterocycles. The van der Waals surface area contributed by atoms with Crippen LogP contribution in [0.2, 0.25) is 0 Å². The summed E-state index contributed by atoms with van der Waals surface area (Å²) in [5, 5.41) is 0. The van der Waals surface area contributed by atoms with Crippen LogP contribution in [0.4, 0.5) is 10.1 Å². The number of carbonyl (C=O) groups is 1. The van der Waals surface area contributed by atoms with Crippen molar-refractivity contribution in [3.63, 3.8) is 0 Å². The molecule has 3 nitrogen and oxygen atoms in total. The first-order valence-electron chi connectivity index (χ1n) is 6.47. The van der Waals surface area contributed by atoms with Crippen molar-refractivity contribution in [2.75, 3.05) is 18.0 Å². The molecular formula is C14H18ClFN2O. The van der Waals surface area contributed by atoms with E-state index in [0.717, 1.165) is 36.9 Å². The second-order valence-corrected chi connectivity index (χ2v) is 5.31. The van der Waals surface area contributed by atoms with E-state index in [9.17, 15) is 9.18 Å². The van der Waals surface area contributed by atoms with Crippen molar-refractivity contribution < 1.29 is 9.18 Å². The van der Waals surface area contributed by atoms with Crippen LogP contribution >= 0.6 is 12.4 Å². The number of fused-ring (bicyclic) bond motifs is 2. The summed E-state index contributed by atoms with van der Waals surface area (Å²) in [6, 6.07) is 4.99. The van der Waals surface area contributed by atoms with Crippen molar-refractivity contribution in [2.24, 2.45) is 5.73 Å². The average Bonchev–Trinajstić information content (AvgIpc) is 2.96. The van der Waals surface area contributed by atoms with Crippen LogP contribution in [0, 0.1) is 5.82 Å². The first-order valence-corrected chi connectivity index (χ1v) is 6.47. The highest BCUT2D eigenvalue weighted by atomic mass is 35.5. The van der Waals surface area contributed by atoms with E-state index < -0.39 is 0 Å². The van der Waals surface area contributed by atoms with Crippen LogP contribution in [-0.4, -0.2) is 19.0 Å². The summed E-state index contributed by atoms with van der Waals surface area (Å²) in [5.74, 6) is -0.299. The number of carbonyl (C=O) groups excluding carboxylic acids is 1. The fraction of sp³-hybridized carbons (Fsp3) is 0.500. The van der Waals surface area contributed by atoms with Crippen LogP contribution in [0.1, 0.15) is 31.2 Å². The summed E-state index contributed by atoms with van der Waals surface area (Å²) >= 11 is 0. The zero-order valence-corrected chi connectivity index (χ0v) is 11.5. The molecule has 1 aliphatic carbocycles. The molecule has 0 unspecified atom stereocenters. The first kappa shape index (κ1) is 14.3. The molecule has 1 aromatic carbocycles. The lowest BCUT2D eigenvalue weighted by molar-refractivity contribution is -0.117. The topological polar surface area (TPSA) is 46.3 Å². The van der Waals surface area contributed by atoms with Crippen molar-refractivity contribution in [3.8, 4) is 0 Å². The highest BCUT2D eigenvalue weighted by Crippen LogP contribution is 2.51. The Morgan fingerprint density at radius 2 is 2.05 bits per heavy atom. The maximum absolute atomic E-state index is 14.2. The van der Waals surface area contributed by atoms with Gasteiger partial charge in [0.05, 0.1) is 12.2 Å². The van der Waals surface area contributed by atoms with E-state index >= 15 is 0 Å². The fourth-order valence-corrected chi connectivity index (χ4v) is 3.52. The third-order valence-corrected chi connectivity index (χ3v) is 4.31. The molecule has 5 heteroatoms. The van der Waals surface area contributed by atoms with Crippen LogP contribution in [0.25, 0.3) is 0 Å². The van der Waals surface area contributed by atoms with Crippen LogP contribution in [0.3, 0.4) is 0 Å². The minimum Gasteiger partial charge on any atom is -0.322 e. The number of halogens is 2. The minimum absolute atomic E-state index is 0. The smallest absolute Gasteiger partial charge is 0.240 e. The quantitative estimate of drug-likeness (QED) is 0.860. The monoisotopic (exact) mass is 284 g/mol. The standard InChI is InChI=1S/C14H17FN2O.ClH/c15-10-4-3-5-11-13(10)14(6-1-2-7-14)9-17(11)12(18)8-16;/h3-5H,1-2,6-9,16H2;1H. The first-order chi connectivity index (χ1) is 8.68. The van der Waals surface area contributed by atoms with Crippen molar-refractivity contribution in [1.29, 1.82) is 0 Å². The zero-order chi connectivity index (χ0) is 12.8. The van der Waals surface area contributed by atoms with Gasteiger partial charge in [-0.1, -0.05) is 18.9 Å². The van der Waals surface area contributed by atoms with Gasteiger partial charge < -0.3 is 10.6 Å². The van der Waals surface area contributed by atoms with Gasteiger partial charge in [-0.25, -0.2) is 4.39 Å². The Morgan fingerprint density at radius 3 is 2.68 bits per heavy atom. The molecule has 104 valence electrons. The van der Waals surface area contributed by atoms with Crippen LogP contribution in [-0.2, 0) is 10.2 Å². The van der Waals surface area contributed by atoms with E-state index in [4.69, 9.17) is 5.73 Å². The molecule has 1 saturated carbocycles. The van der Waals surface area contributed by atoms with Crippen molar-refractivity contribution in [1.82, 2.24) is 0 Å². The molecule has 1 amide bonds. The second kappa shape index (κ2) is 5.10. The van der Waals surface area contributed by atoms with E-state index in [1.54, 1.807) is 11.0 Å². The normalized spacial score (nSPS) is 19.4. The summed E-state index contributed by atoms with van der Waals surface area (Å²) in [7, 11) is 0. The van der Waals surface area contributed by atoms with E-state index in [2.05, 4.69) is 0 Å². The Morgan fingerprint density at radius 1 is 1.37 bits per heavy atom. The lowest BCUT2D eigenvalue weighted by atomic mass is 9.80. The molecule has 3 rings (SSSR count). The molecule has 0 bridgehead atoms. The lowest BCUT2D eigenvalue weighted by Gasteiger charge is -2.24. The van der Waals surface area contributed by atoms with Gasteiger partial charge in [0, 0.05) is 17.5 Å². The van der Waals surface area contributed by atoms with E-state index in [-0.39, 0.29) is 36.1 Å². The van der Waals surface area contributed by atoms with Crippen LogP contribution in [0.15, 0.2) is 18.2 Å². The second-order valence-electron chi connectivity index (χ2n) is 5.31. The van der Waals surface area contributed by atoms with E-state index in [1.807, 2.05) is 6.07 Å². The molecule has 19 heavy (non-hydrogen) atoms. The Balaban J connectivity index is 0.00000133. The Hall–Kier alpha value is -1.13. The van der Waals surface area contributed by atoms with Crippen molar-refractivity contribution in [2.45, 2.75) is 31.1 Å². The number of rotatable bonds is 1. The molecule has 0 atom stereocenters. The van der Waals surface area contributed by atoms with Crippen LogP contribution in [0.5, 0.6) is 0 Å². The molecule has 0 radical (unpaired) electrons. The molecule has 1 aliphatic heterocycles. The van der Waals surface area contributed by atoms with Gasteiger partial charge >= 0.3 is 0 Å². The zero-order valence-electron chi connectivity index (χ0n) is 10.7. The van der Waals surface area contributed by atoms with Crippen molar-refractivity contribution >= 4 is 24.0 Å². The Bertz CT molecular complexity index is 500. The summed E-state index contributed by atoms with van der Waals surface area (Å²) in [4.78, 5) is 13.6. The van der Waals surface area contributed by atoms with Gasteiger partial charge in [0.25, 0.3) is 0 Å². The summed E-state index contributed by atoms with van der Waals surface area (Å²) in [5.41, 5.74) is 6.76. The predicted octanol–water partition coefficient (Wildman–Crippen LogP) is 2.36. The summed E-state index contributed by atoms with van der Waals surface area (Å²) < 4.78 is 14.2. The third kappa shape index (κ3) is 2.03. The van der Waals surface area contributed by atoms with Gasteiger partial charge in [-0.3, -0.25) is 4.79 Å². The average molecular weight is 285 g/mol. The number of hydrogen-bond acceptors (Lipinski definition) is 2. The highest BCUT2D eigenvalue weighted by Gasteiger charge is 2.47. The number of benzene rings is 1. The van der Waals surface area contributed by atoms with E-state index in [1.165, 1.54) is 6.07 Å². The number of anilines is 1. The highest BCUT2D eigenvalue weighted by molar-refractivity contribution is 5.97. The number of amides is 1. The van der Waals surface area contributed by atoms with Gasteiger partial charge in [0.1, 0.15) is 5.82 Å². The molecule has 1 fully saturated rings. The molecule has 2 aliphatic rings. The molecule has 2 N–H and O–H groups in total. The molecule has 1 heterocycles. The van der Waals surface area contributed by atoms with Crippen molar-refractivity contribution in [3.05, 3.63) is 29.6 Å². The van der Waals surface area contributed by atoms with Crippen LogP contribution < -0.4 is 10.6 Å². The van der Waals surface area contributed by atoms with Gasteiger partial charge in [-0.2, -0.15) is 0 Å². The predicted molar refractivity (Wildman–Crippen MR) is 75.2 cm³/mol. The maximum Gasteiger partial charge on any atom is 0.240 e. The molecule has 0 aromatic heterocycles. The number of hydrogen-bond donors (Lipinski definition) is 1. The van der Waals surface area contributed by atoms with E-state index in [0.29, 0.717) is 6.54 Å². The summed E-state index contributed by atoms with van der Waals surface area (Å²) in [6.45, 7) is 0.575. The minimum atomic E-state index is -0.179. The Kier molecular flexibility index (Phi) is 3.83. The molecular weight excluding hydrogens is 267 g/mol. The largest absolute Gasteiger partial charge is 0.322 e. The number of nitrogens with zero attached hydrogens (tertiary/aromatic N) is 1. The fourth-order valence-electron chi connectivity index (χ4n) is 3.52. The third-order valence-electron chi connectivity index (χ3n) is 4.31. The molecule has 1 aromatic rings. The van der Waals surface area contributed by atoms with Gasteiger partial charge in [0.2, 0.25) is 5.91 Å². The SMILES string of the molecule is Cl.NCC(=O)N1CC2(CCCC2)c2c(F)cccc21. The maximum atomic E-state index is 14.2. The molecule has 1 spiro atoms. The van der Waals surface area contributed by atoms with Gasteiger partial charge in [-0.05, 0) is 25.0 Å². The van der Waals surface area contributed by atoms with Gasteiger partial charge in [-0.15, -0.1) is 12.4 Å². The Labute approximate surface area is 118 Å².